The Kier molecular flexibility index (Phi) is 3.56. The average molecular weight is 223 g/mol. The summed E-state index contributed by atoms with van der Waals surface area (Å²) in [7, 11) is 1.38. The summed E-state index contributed by atoms with van der Waals surface area (Å²) >= 11 is 0. The van der Waals surface area contributed by atoms with Crippen molar-refractivity contribution in [1.82, 2.24) is 15.1 Å². The number of nitrogens with zero attached hydrogens (tertiary/aromatic N) is 2. The molecule has 0 atom stereocenters. The van der Waals surface area contributed by atoms with Gasteiger partial charge in [-0.15, -0.1) is 0 Å². The van der Waals surface area contributed by atoms with Crippen molar-refractivity contribution in [3.8, 4) is 0 Å². The maximum absolute atomic E-state index is 11.2. The quantitative estimate of drug-likeness (QED) is 0.765. The standard InChI is InChI=1S/C11H17N3O2/c1-16-11(15)10-6-13-14(8-10)7-9-2-4-12-5-3-9/h6,8-9,12H,2-5,7H2,1H3. The van der Waals surface area contributed by atoms with Crippen molar-refractivity contribution >= 4 is 5.97 Å². The molecule has 16 heavy (non-hydrogen) atoms. The molecule has 0 aliphatic carbocycles. The Morgan fingerprint density at radius 3 is 3.06 bits per heavy atom. The fourth-order valence-electron chi connectivity index (χ4n) is 2.02. The Bertz CT molecular complexity index is 356. The first-order valence-electron chi connectivity index (χ1n) is 5.61. The molecule has 0 unspecified atom stereocenters. The first-order valence-corrected chi connectivity index (χ1v) is 5.61. The Balaban J connectivity index is 1.94. The number of esters is 1. The van der Waals surface area contributed by atoms with E-state index in [1.165, 1.54) is 20.0 Å². The SMILES string of the molecule is COC(=O)c1cnn(CC2CCNCC2)c1. The number of rotatable bonds is 3. The molecule has 1 aromatic rings. The molecule has 1 saturated heterocycles. The normalized spacial score (nSPS) is 17.3. The summed E-state index contributed by atoms with van der Waals surface area (Å²) in [6, 6.07) is 0. The zero-order valence-electron chi connectivity index (χ0n) is 9.48. The topological polar surface area (TPSA) is 56.1 Å². The number of carbonyl (C=O) groups is 1. The van der Waals surface area contributed by atoms with Gasteiger partial charge in [-0.3, -0.25) is 4.68 Å². The van der Waals surface area contributed by atoms with Crippen molar-refractivity contribution in [2.45, 2.75) is 19.4 Å². The monoisotopic (exact) mass is 223 g/mol. The second kappa shape index (κ2) is 5.12. The van der Waals surface area contributed by atoms with Gasteiger partial charge in [0.2, 0.25) is 0 Å². The van der Waals surface area contributed by atoms with Crippen molar-refractivity contribution in [3.63, 3.8) is 0 Å². The Hall–Kier alpha value is -1.36. The second-order valence-corrected chi connectivity index (χ2v) is 4.14. The van der Waals surface area contributed by atoms with E-state index in [9.17, 15) is 4.79 Å². The van der Waals surface area contributed by atoms with E-state index in [0.29, 0.717) is 11.5 Å². The number of methoxy groups -OCH3 is 1. The summed E-state index contributed by atoms with van der Waals surface area (Å²) in [5.41, 5.74) is 0.524. The van der Waals surface area contributed by atoms with Crippen LogP contribution in [0, 0.1) is 5.92 Å². The number of hydrogen-bond acceptors (Lipinski definition) is 4. The Morgan fingerprint density at radius 1 is 1.62 bits per heavy atom. The molecule has 0 bridgehead atoms. The van der Waals surface area contributed by atoms with Gasteiger partial charge in [-0.25, -0.2) is 4.79 Å². The van der Waals surface area contributed by atoms with Gasteiger partial charge in [0.05, 0.1) is 18.9 Å². The summed E-state index contributed by atoms with van der Waals surface area (Å²) in [6.07, 6.45) is 5.67. The van der Waals surface area contributed by atoms with Gasteiger partial charge in [-0.1, -0.05) is 0 Å². The molecule has 1 N–H and O–H groups in total. The molecule has 0 saturated carbocycles. The van der Waals surface area contributed by atoms with Crippen LogP contribution in [0.25, 0.3) is 0 Å². The Morgan fingerprint density at radius 2 is 2.38 bits per heavy atom. The highest BCUT2D eigenvalue weighted by molar-refractivity contribution is 5.88. The summed E-state index contributed by atoms with van der Waals surface area (Å²) in [5.74, 6) is 0.336. The maximum Gasteiger partial charge on any atom is 0.341 e. The molecule has 0 spiro atoms. The van der Waals surface area contributed by atoms with Crippen LogP contribution in [0.1, 0.15) is 23.2 Å². The van der Waals surface area contributed by atoms with E-state index in [1.54, 1.807) is 12.4 Å². The first-order chi connectivity index (χ1) is 7.79. The maximum atomic E-state index is 11.2. The van der Waals surface area contributed by atoms with Gasteiger partial charge in [0.25, 0.3) is 0 Å². The van der Waals surface area contributed by atoms with Crippen molar-refractivity contribution in [2.75, 3.05) is 20.2 Å². The van der Waals surface area contributed by atoms with E-state index in [-0.39, 0.29) is 5.97 Å². The number of aromatic nitrogens is 2. The predicted molar refractivity (Wildman–Crippen MR) is 59.2 cm³/mol. The third-order valence-corrected chi connectivity index (χ3v) is 2.96. The predicted octanol–water partition coefficient (Wildman–Crippen LogP) is 0.669. The number of carbonyl (C=O) groups excluding carboxylic acids is 1. The number of nitrogens with one attached hydrogen (secondary N) is 1. The lowest BCUT2D eigenvalue weighted by Gasteiger charge is -2.22. The fraction of sp³-hybridized carbons (Fsp3) is 0.636. The van der Waals surface area contributed by atoms with Crippen LogP contribution >= 0.6 is 0 Å². The molecule has 1 aliphatic heterocycles. The Labute approximate surface area is 94.8 Å². The first kappa shape index (κ1) is 11.1. The van der Waals surface area contributed by atoms with Gasteiger partial charge in [0, 0.05) is 12.7 Å². The van der Waals surface area contributed by atoms with Crippen LogP contribution in [0.5, 0.6) is 0 Å². The van der Waals surface area contributed by atoms with E-state index in [2.05, 4.69) is 15.2 Å². The van der Waals surface area contributed by atoms with Crippen molar-refractivity contribution < 1.29 is 9.53 Å². The highest BCUT2D eigenvalue weighted by atomic mass is 16.5. The van der Waals surface area contributed by atoms with Gasteiger partial charge in [0.15, 0.2) is 0 Å². The number of piperidine rings is 1. The molecule has 1 fully saturated rings. The number of hydrogen-bond donors (Lipinski definition) is 1. The molecule has 1 aliphatic rings. The molecule has 88 valence electrons. The minimum absolute atomic E-state index is 0.323. The van der Waals surface area contributed by atoms with E-state index in [0.717, 1.165) is 19.6 Å². The minimum Gasteiger partial charge on any atom is -0.465 e. The highest BCUT2D eigenvalue weighted by Gasteiger charge is 2.15. The van der Waals surface area contributed by atoms with Crippen LogP contribution in [0.15, 0.2) is 12.4 Å². The largest absolute Gasteiger partial charge is 0.465 e. The zero-order chi connectivity index (χ0) is 11.4. The smallest absolute Gasteiger partial charge is 0.341 e. The summed E-state index contributed by atoms with van der Waals surface area (Å²) < 4.78 is 6.47. The van der Waals surface area contributed by atoms with E-state index in [1.807, 2.05) is 4.68 Å². The minimum atomic E-state index is -0.323. The molecule has 2 rings (SSSR count). The molecule has 0 aromatic carbocycles. The molecule has 2 heterocycles. The third-order valence-electron chi connectivity index (χ3n) is 2.96. The van der Waals surface area contributed by atoms with Gasteiger partial charge >= 0.3 is 5.97 Å². The van der Waals surface area contributed by atoms with Crippen LogP contribution in [-0.4, -0.2) is 35.9 Å². The van der Waals surface area contributed by atoms with Gasteiger partial charge < -0.3 is 10.1 Å². The molecule has 5 nitrogen and oxygen atoms in total. The van der Waals surface area contributed by atoms with E-state index < -0.39 is 0 Å². The zero-order valence-corrected chi connectivity index (χ0v) is 9.48. The van der Waals surface area contributed by atoms with Crippen molar-refractivity contribution in [1.29, 1.82) is 0 Å². The molecule has 1 aromatic heterocycles. The summed E-state index contributed by atoms with van der Waals surface area (Å²) in [4.78, 5) is 11.2. The van der Waals surface area contributed by atoms with Crippen LogP contribution in [0.3, 0.4) is 0 Å². The molecule has 0 amide bonds. The van der Waals surface area contributed by atoms with Gasteiger partial charge in [-0.05, 0) is 31.8 Å². The van der Waals surface area contributed by atoms with Crippen LogP contribution in [0.2, 0.25) is 0 Å². The molecule has 0 radical (unpaired) electrons. The highest BCUT2D eigenvalue weighted by Crippen LogP contribution is 2.14. The van der Waals surface area contributed by atoms with Gasteiger partial charge in [0.1, 0.15) is 0 Å². The molecular weight excluding hydrogens is 206 g/mol. The van der Waals surface area contributed by atoms with E-state index >= 15 is 0 Å². The molecular formula is C11H17N3O2. The summed E-state index contributed by atoms with van der Waals surface area (Å²) in [5, 5.41) is 7.50. The lowest BCUT2D eigenvalue weighted by molar-refractivity contribution is 0.0600. The summed E-state index contributed by atoms with van der Waals surface area (Å²) in [6.45, 7) is 3.05. The number of ether oxygens (including phenoxy) is 1. The fourth-order valence-corrected chi connectivity index (χ4v) is 2.02. The lowest BCUT2D eigenvalue weighted by atomic mass is 9.98. The van der Waals surface area contributed by atoms with Gasteiger partial charge in [-0.2, -0.15) is 5.10 Å². The second-order valence-electron chi connectivity index (χ2n) is 4.14. The van der Waals surface area contributed by atoms with E-state index in [4.69, 9.17) is 0 Å². The van der Waals surface area contributed by atoms with Crippen LogP contribution < -0.4 is 5.32 Å². The lowest BCUT2D eigenvalue weighted by Crippen LogP contribution is -2.29. The average Bonchev–Trinajstić information content (AvgIpc) is 2.78. The molecule has 5 heteroatoms. The van der Waals surface area contributed by atoms with Crippen molar-refractivity contribution in [2.24, 2.45) is 5.92 Å². The van der Waals surface area contributed by atoms with Crippen LogP contribution in [-0.2, 0) is 11.3 Å². The van der Waals surface area contributed by atoms with Crippen LogP contribution in [0.4, 0.5) is 0 Å². The third kappa shape index (κ3) is 2.61. The van der Waals surface area contributed by atoms with Crippen molar-refractivity contribution in [3.05, 3.63) is 18.0 Å².